The quantitative estimate of drug-likeness (QED) is 0.657. The number of carbonyl (C=O) groups is 1. The number of carbonyl (C=O) groups excluding carboxylic acids is 1. The fraction of sp³-hybridized carbons (Fsp3) is 0.909. The normalized spacial score (nSPS) is 11.4. The fourth-order valence-electron chi connectivity index (χ4n) is 1.95. The second-order valence-corrected chi connectivity index (χ2v) is 3.84. The SMILES string of the molecule is CCCC(CN)(CCC)C(=O)NCC. The molecule has 0 aliphatic rings. The van der Waals surface area contributed by atoms with E-state index in [1.54, 1.807) is 0 Å². The third-order valence-corrected chi connectivity index (χ3v) is 2.67. The van der Waals surface area contributed by atoms with E-state index in [1.807, 2.05) is 6.92 Å². The molecule has 0 saturated heterocycles. The van der Waals surface area contributed by atoms with Gasteiger partial charge in [0.15, 0.2) is 0 Å². The van der Waals surface area contributed by atoms with E-state index in [4.69, 9.17) is 5.73 Å². The van der Waals surface area contributed by atoms with Gasteiger partial charge in [-0.25, -0.2) is 0 Å². The Hall–Kier alpha value is -0.570. The number of hydrogen-bond donors (Lipinski definition) is 2. The molecule has 0 unspecified atom stereocenters. The van der Waals surface area contributed by atoms with Crippen molar-refractivity contribution in [1.82, 2.24) is 5.32 Å². The maximum Gasteiger partial charge on any atom is 0.227 e. The van der Waals surface area contributed by atoms with Crippen LogP contribution in [0.3, 0.4) is 0 Å². The molecule has 84 valence electrons. The van der Waals surface area contributed by atoms with Crippen LogP contribution in [0, 0.1) is 5.41 Å². The molecular weight excluding hydrogens is 176 g/mol. The van der Waals surface area contributed by atoms with Crippen LogP contribution in [-0.4, -0.2) is 19.0 Å². The molecule has 1 amide bonds. The molecule has 14 heavy (non-hydrogen) atoms. The topological polar surface area (TPSA) is 55.1 Å². The molecule has 0 rings (SSSR count). The molecule has 0 saturated carbocycles. The molecule has 3 N–H and O–H groups in total. The van der Waals surface area contributed by atoms with Crippen LogP contribution in [-0.2, 0) is 4.79 Å². The summed E-state index contributed by atoms with van der Waals surface area (Å²) in [5.41, 5.74) is 5.43. The Labute approximate surface area is 87.4 Å². The predicted octanol–water partition coefficient (Wildman–Crippen LogP) is 1.67. The van der Waals surface area contributed by atoms with Crippen molar-refractivity contribution < 1.29 is 4.79 Å². The summed E-state index contributed by atoms with van der Waals surface area (Å²) in [6, 6.07) is 0. The van der Waals surface area contributed by atoms with E-state index in [2.05, 4.69) is 19.2 Å². The van der Waals surface area contributed by atoms with Gasteiger partial charge in [-0.15, -0.1) is 0 Å². The Balaban J connectivity index is 4.54. The van der Waals surface area contributed by atoms with E-state index < -0.39 is 0 Å². The van der Waals surface area contributed by atoms with Gasteiger partial charge < -0.3 is 11.1 Å². The van der Waals surface area contributed by atoms with Crippen LogP contribution in [0.1, 0.15) is 46.5 Å². The second-order valence-electron chi connectivity index (χ2n) is 3.84. The minimum absolute atomic E-state index is 0.131. The van der Waals surface area contributed by atoms with Gasteiger partial charge in [-0.3, -0.25) is 4.79 Å². The molecule has 0 atom stereocenters. The van der Waals surface area contributed by atoms with Crippen molar-refractivity contribution in [3.05, 3.63) is 0 Å². The van der Waals surface area contributed by atoms with Crippen LogP contribution in [0.25, 0.3) is 0 Å². The minimum Gasteiger partial charge on any atom is -0.356 e. The summed E-state index contributed by atoms with van der Waals surface area (Å²) in [6.45, 7) is 7.28. The van der Waals surface area contributed by atoms with Gasteiger partial charge in [0.2, 0.25) is 5.91 Å². The maximum atomic E-state index is 11.9. The molecule has 0 radical (unpaired) electrons. The lowest BCUT2D eigenvalue weighted by Gasteiger charge is -2.30. The first kappa shape index (κ1) is 13.4. The summed E-state index contributed by atoms with van der Waals surface area (Å²) in [6.07, 6.45) is 3.80. The van der Waals surface area contributed by atoms with Crippen molar-refractivity contribution in [2.75, 3.05) is 13.1 Å². The van der Waals surface area contributed by atoms with Crippen molar-refractivity contribution in [1.29, 1.82) is 0 Å². The van der Waals surface area contributed by atoms with Crippen LogP contribution >= 0.6 is 0 Å². The first-order valence-corrected chi connectivity index (χ1v) is 5.65. The highest BCUT2D eigenvalue weighted by Gasteiger charge is 2.34. The van der Waals surface area contributed by atoms with E-state index >= 15 is 0 Å². The van der Waals surface area contributed by atoms with Crippen LogP contribution in [0.2, 0.25) is 0 Å². The Morgan fingerprint density at radius 2 is 1.71 bits per heavy atom. The van der Waals surface area contributed by atoms with E-state index in [1.165, 1.54) is 0 Å². The Bertz CT molecular complexity index is 163. The Kier molecular flexibility index (Phi) is 6.54. The third-order valence-electron chi connectivity index (χ3n) is 2.67. The Morgan fingerprint density at radius 3 is 2.00 bits per heavy atom. The Morgan fingerprint density at radius 1 is 1.21 bits per heavy atom. The van der Waals surface area contributed by atoms with E-state index in [0.717, 1.165) is 25.7 Å². The molecular formula is C11H24N2O. The minimum atomic E-state index is -0.320. The summed E-state index contributed by atoms with van der Waals surface area (Å²) in [5, 5.41) is 2.89. The first-order valence-electron chi connectivity index (χ1n) is 5.65. The van der Waals surface area contributed by atoms with Crippen LogP contribution in [0.4, 0.5) is 0 Å². The van der Waals surface area contributed by atoms with Crippen molar-refractivity contribution in [2.24, 2.45) is 11.1 Å². The summed E-state index contributed by atoms with van der Waals surface area (Å²) in [4.78, 5) is 11.9. The van der Waals surface area contributed by atoms with Crippen LogP contribution < -0.4 is 11.1 Å². The van der Waals surface area contributed by atoms with Gasteiger partial charge in [0.05, 0.1) is 5.41 Å². The van der Waals surface area contributed by atoms with Crippen molar-refractivity contribution in [2.45, 2.75) is 46.5 Å². The molecule has 3 heteroatoms. The van der Waals surface area contributed by atoms with Gasteiger partial charge >= 0.3 is 0 Å². The van der Waals surface area contributed by atoms with Gasteiger partial charge in [-0.05, 0) is 19.8 Å². The van der Waals surface area contributed by atoms with Gasteiger partial charge in [0.1, 0.15) is 0 Å². The number of nitrogens with two attached hydrogens (primary N) is 1. The summed E-state index contributed by atoms with van der Waals surface area (Å²) >= 11 is 0. The second kappa shape index (κ2) is 6.82. The van der Waals surface area contributed by atoms with Crippen molar-refractivity contribution in [3.63, 3.8) is 0 Å². The highest BCUT2D eigenvalue weighted by molar-refractivity contribution is 5.82. The average Bonchev–Trinajstić information content (AvgIpc) is 2.17. The lowest BCUT2D eigenvalue weighted by Crippen LogP contribution is -2.45. The van der Waals surface area contributed by atoms with Crippen LogP contribution in [0.5, 0.6) is 0 Å². The summed E-state index contributed by atoms with van der Waals surface area (Å²) in [5.74, 6) is 0.131. The van der Waals surface area contributed by atoms with E-state index in [9.17, 15) is 4.79 Å². The largest absolute Gasteiger partial charge is 0.356 e. The molecule has 0 spiro atoms. The summed E-state index contributed by atoms with van der Waals surface area (Å²) < 4.78 is 0. The average molecular weight is 200 g/mol. The van der Waals surface area contributed by atoms with Gasteiger partial charge in [0.25, 0.3) is 0 Å². The highest BCUT2D eigenvalue weighted by atomic mass is 16.2. The summed E-state index contributed by atoms with van der Waals surface area (Å²) in [7, 11) is 0. The van der Waals surface area contributed by atoms with Gasteiger partial charge in [-0.2, -0.15) is 0 Å². The predicted molar refractivity (Wildman–Crippen MR) is 60.0 cm³/mol. The molecule has 0 aromatic carbocycles. The standard InChI is InChI=1S/C11H24N2O/c1-4-7-11(9-12,8-5-2)10(14)13-6-3/h4-9,12H2,1-3H3,(H,13,14). The first-order chi connectivity index (χ1) is 6.66. The molecule has 0 aliphatic heterocycles. The highest BCUT2D eigenvalue weighted by Crippen LogP contribution is 2.28. The third kappa shape index (κ3) is 3.29. The number of nitrogens with one attached hydrogen (secondary N) is 1. The molecule has 0 fully saturated rings. The smallest absolute Gasteiger partial charge is 0.227 e. The number of rotatable bonds is 7. The molecule has 0 heterocycles. The fourth-order valence-corrected chi connectivity index (χ4v) is 1.95. The zero-order chi connectivity index (χ0) is 11.0. The van der Waals surface area contributed by atoms with Gasteiger partial charge in [0, 0.05) is 13.1 Å². The zero-order valence-corrected chi connectivity index (χ0v) is 9.73. The zero-order valence-electron chi connectivity index (χ0n) is 9.73. The number of hydrogen-bond acceptors (Lipinski definition) is 2. The number of amides is 1. The maximum absolute atomic E-state index is 11.9. The molecule has 0 aromatic heterocycles. The van der Waals surface area contributed by atoms with E-state index in [-0.39, 0.29) is 11.3 Å². The molecule has 0 bridgehead atoms. The lowest BCUT2D eigenvalue weighted by atomic mass is 9.78. The molecule has 3 nitrogen and oxygen atoms in total. The molecule has 0 aliphatic carbocycles. The van der Waals surface area contributed by atoms with E-state index in [0.29, 0.717) is 13.1 Å². The van der Waals surface area contributed by atoms with Crippen molar-refractivity contribution in [3.8, 4) is 0 Å². The van der Waals surface area contributed by atoms with Crippen LogP contribution in [0.15, 0.2) is 0 Å². The van der Waals surface area contributed by atoms with Gasteiger partial charge in [-0.1, -0.05) is 26.7 Å². The lowest BCUT2D eigenvalue weighted by molar-refractivity contribution is -0.131. The monoisotopic (exact) mass is 200 g/mol. The molecule has 0 aromatic rings. The van der Waals surface area contributed by atoms with Crippen molar-refractivity contribution >= 4 is 5.91 Å².